The van der Waals surface area contributed by atoms with Gasteiger partial charge >= 0.3 is 0 Å². The van der Waals surface area contributed by atoms with E-state index in [9.17, 15) is 9.90 Å². The van der Waals surface area contributed by atoms with Crippen molar-refractivity contribution < 1.29 is 9.90 Å². The molecule has 0 aliphatic heterocycles. The van der Waals surface area contributed by atoms with Gasteiger partial charge in [0.15, 0.2) is 5.78 Å². The molecule has 0 unspecified atom stereocenters. The van der Waals surface area contributed by atoms with E-state index in [0.717, 1.165) is 12.8 Å². The highest BCUT2D eigenvalue weighted by Gasteiger charge is 2.38. The van der Waals surface area contributed by atoms with Crippen molar-refractivity contribution in [2.24, 2.45) is 5.92 Å². The third kappa shape index (κ3) is 2.17. The lowest BCUT2D eigenvalue weighted by Gasteiger charge is -2.33. The summed E-state index contributed by atoms with van der Waals surface area (Å²) < 4.78 is 0. The number of aliphatic hydroxyl groups is 1. The highest BCUT2D eigenvalue weighted by atomic mass is 16.3. The van der Waals surface area contributed by atoms with E-state index in [4.69, 9.17) is 0 Å². The lowest BCUT2D eigenvalue weighted by atomic mass is 9.76. The van der Waals surface area contributed by atoms with Crippen LogP contribution in [0.15, 0.2) is 30.3 Å². The summed E-state index contributed by atoms with van der Waals surface area (Å²) in [5, 5.41) is 10.4. The number of Topliss-reactive ketones (excluding diaryl/α,β-unsaturated/α-hetero) is 1. The molecule has 0 amide bonds. The topological polar surface area (TPSA) is 37.3 Å². The quantitative estimate of drug-likeness (QED) is 0.775. The van der Waals surface area contributed by atoms with Crippen LogP contribution in [0.4, 0.5) is 0 Å². The third-order valence-electron chi connectivity index (χ3n) is 3.56. The van der Waals surface area contributed by atoms with Gasteiger partial charge in [-0.2, -0.15) is 0 Å². The summed E-state index contributed by atoms with van der Waals surface area (Å²) in [4.78, 5) is 12.2. The van der Waals surface area contributed by atoms with Gasteiger partial charge in [-0.25, -0.2) is 0 Å². The second-order valence-electron chi connectivity index (χ2n) is 4.91. The second-order valence-corrected chi connectivity index (χ2v) is 4.91. The molecule has 0 bridgehead atoms. The largest absolute Gasteiger partial charge is 0.382 e. The number of rotatable bonds is 2. The minimum Gasteiger partial charge on any atom is -0.382 e. The van der Waals surface area contributed by atoms with Gasteiger partial charge in [0.05, 0.1) is 0 Å². The van der Waals surface area contributed by atoms with E-state index in [-0.39, 0.29) is 5.78 Å². The van der Waals surface area contributed by atoms with Crippen molar-refractivity contribution in [2.75, 3.05) is 0 Å². The Balaban J connectivity index is 2.16. The number of hydrogen-bond donors (Lipinski definition) is 1. The average Bonchev–Trinajstić information content (AvgIpc) is 2.33. The molecule has 1 saturated carbocycles. The molecule has 1 aromatic rings. The number of carbonyl (C=O) groups excluding carboxylic acids is 1. The van der Waals surface area contributed by atoms with Crippen LogP contribution in [0.3, 0.4) is 0 Å². The zero-order valence-electron chi connectivity index (χ0n) is 9.65. The Kier molecular flexibility index (Phi) is 3.10. The van der Waals surface area contributed by atoms with Crippen molar-refractivity contribution in [3.63, 3.8) is 0 Å². The minimum atomic E-state index is -1.12. The number of ketones is 1. The summed E-state index contributed by atoms with van der Waals surface area (Å²) >= 11 is 0. The van der Waals surface area contributed by atoms with Crippen LogP contribution in [0.2, 0.25) is 0 Å². The predicted octanol–water partition coefficient (Wildman–Crippen LogP) is 2.81. The smallest absolute Gasteiger partial charge is 0.194 e. The highest BCUT2D eigenvalue weighted by molar-refractivity contribution is 6.02. The number of carbonyl (C=O) groups is 1. The SMILES string of the molecule is CC1CCC(O)(C(=O)c2ccccc2)CC1. The van der Waals surface area contributed by atoms with Gasteiger partial charge < -0.3 is 5.11 Å². The molecular weight excluding hydrogens is 200 g/mol. The monoisotopic (exact) mass is 218 g/mol. The Bertz CT molecular complexity index is 362. The summed E-state index contributed by atoms with van der Waals surface area (Å²) in [5.41, 5.74) is -0.493. The maximum absolute atomic E-state index is 12.2. The molecule has 2 nitrogen and oxygen atoms in total. The van der Waals surface area contributed by atoms with Gasteiger partial charge in [0.25, 0.3) is 0 Å². The molecule has 0 atom stereocenters. The Hall–Kier alpha value is -1.15. The first kappa shape index (κ1) is 11.3. The second kappa shape index (κ2) is 4.38. The minimum absolute atomic E-state index is 0.111. The zero-order chi connectivity index (χ0) is 11.6. The molecular formula is C14H18O2. The maximum Gasteiger partial charge on any atom is 0.194 e. The molecule has 1 aliphatic rings. The Labute approximate surface area is 96.3 Å². The maximum atomic E-state index is 12.2. The first-order chi connectivity index (χ1) is 7.62. The van der Waals surface area contributed by atoms with Gasteiger partial charge in [0.1, 0.15) is 5.60 Å². The first-order valence-electron chi connectivity index (χ1n) is 5.94. The van der Waals surface area contributed by atoms with E-state index in [0.29, 0.717) is 24.3 Å². The standard InChI is InChI=1S/C14H18O2/c1-11-7-9-14(16,10-8-11)13(15)12-5-3-2-4-6-12/h2-6,11,16H,7-10H2,1H3. The number of hydrogen-bond acceptors (Lipinski definition) is 2. The fraction of sp³-hybridized carbons (Fsp3) is 0.500. The lowest BCUT2D eigenvalue weighted by Crippen LogP contribution is -2.41. The van der Waals surface area contributed by atoms with Crippen molar-refractivity contribution in [2.45, 2.75) is 38.2 Å². The predicted molar refractivity (Wildman–Crippen MR) is 63.4 cm³/mol. The van der Waals surface area contributed by atoms with E-state index >= 15 is 0 Å². The molecule has 1 fully saturated rings. The average molecular weight is 218 g/mol. The molecule has 86 valence electrons. The van der Waals surface area contributed by atoms with E-state index in [1.54, 1.807) is 12.1 Å². The van der Waals surface area contributed by atoms with E-state index in [2.05, 4.69) is 6.92 Å². The summed E-state index contributed by atoms with van der Waals surface area (Å²) in [5.74, 6) is 0.517. The molecule has 0 spiro atoms. The summed E-state index contributed by atoms with van der Waals surface area (Å²) in [6.45, 7) is 2.17. The van der Waals surface area contributed by atoms with Crippen molar-refractivity contribution >= 4 is 5.78 Å². The van der Waals surface area contributed by atoms with Crippen LogP contribution in [0.5, 0.6) is 0 Å². The van der Waals surface area contributed by atoms with Gasteiger partial charge in [-0.1, -0.05) is 37.3 Å². The molecule has 1 aliphatic carbocycles. The van der Waals surface area contributed by atoms with E-state index in [1.807, 2.05) is 18.2 Å². The van der Waals surface area contributed by atoms with Crippen molar-refractivity contribution in [1.29, 1.82) is 0 Å². The van der Waals surface area contributed by atoms with Crippen LogP contribution >= 0.6 is 0 Å². The molecule has 0 radical (unpaired) electrons. The van der Waals surface area contributed by atoms with Gasteiger partial charge in [-0.05, 0) is 31.6 Å². The Morgan fingerprint density at radius 1 is 1.25 bits per heavy atom. The summed E-state index contributed by atoms with van der Waals surface area (Å²) in [6, 6.07) is 9.10. The fourth-order valence-electron chi connectivity index (χ4n) is 2.32. The summed E-state index contributed by atoms with van der Waals surface area (Å²) in [7, 11) is 0. The fourth-order valence-corrected chi connectivity index (χ4v) is 2.32. The highest BCUT2D eigenvalue weighted by Crippen LogP contribution is 2.34. The number of benzene rings is 1. The van der Waals surface area contributed by atoms with E-state index < -0.39 is 5.60 Å². The summed E-state index contributed by atoms with van der Waals surface area (Å²) in [6.07, 6.45) is 3.08. The molecule has 1 N–H and O–H groups in total. The molecule has 0 saturated heterocycles. The van der Waals surface area contributed by atoms with E-state index in [1.165, 1.54) is 0 Å². The Morgan fingerprint density at radius 2 is 1.81 bits per heavy atom. The lowest BCUT2D eigenvalue weighted by molar-refractivity contribution is 0.00426. The van der Waals surface area contributed by atoms with Crippen LogP contribution in [0, 0.1) is 5.92 Å². The van der Waals surface area contributed by atoms with Crippen molar-refractivity contribution in [1.82, 2.24) is 0 Å². The van der Waals surface area contributed by atoms with Gasteiger partial charge in [0.2, 0.25) is 0 Å². The molecule has 16 heavy (non-hydrogen) atoms. The molecule has 0 heterocycles. The van der Waals surface area contributed by atoms with Crippen LogP contribution in [0.1, 0.15) is 43.0 Å². The molecule has 1 aromatic carbocycles. The molecule has 2 heteroatoms. The van der Waals surface area contributed by atoms with Gasteiger partial charge in [0, 0.05) is 5.56 Å². The third-order valence-corrected chi connectivity index (χ3v) is 3.56. The Morgan fingerprint density at radius 3 is 2.38 bits per heavy atom. The normalized spacial score (nSPS) is 30.0. The van der Waals surface area contributed by atoms with Crippen molar-refractivity contribution in [3.8, 4) is 0 Å². The van der Waals surface area contributed by atoms with Crippen molar-refractivity contribution in [3.05, 3.63) is 35.9 Å². The van der Waals surface area contributed by atoms with Crippen LogP contribution in [0.25, 0.3) is 0 Å². The van der Waals surface area contributed by atoms with Gasteiger partial charge in [-0.15, -0.1) is 0 Å². The molecule has 2 rings (SSSR count). The zero-order valence-corrected chi connectivity index (χ0v) is 9.65. The van der Waals surface area contributed by atoms with Crippen LogP contribution in [-0.2, 0) is 0 Å². The van der Waals surface area contributed by atoms with Crippen LogP contribution in [-0.4, -0.2) is 16.5 Å². The van der Waals surface area contributed by atoms with Crippen LogP contribution < -0.4 is 0 Å². The molecule has 0 aromatic heterocycles. The first-order valence-corrected chi connectivity index (χ1v) is 5.94. The van der Waals surface area contributed by atoms with Gasteiger partial charge in [-0.3, -0.25) is 4.79 Å².